The Bertz CT molecular complexity index is 610. The molecule has 1 aromatic heterocycles. The smallest absolute Gasteiger partial charge is 0.322 e. The number of rotatable bonds is 4. The SMILES string of the molecule is CCc1ccccc1Oc1nc(C)cc(C(=N)N)n1. The van der Waals surface area contributed by atoms with Crippen molar-refractivity contribution < 1.29 is 4.74 Å². The van der Waals surface area contributed by atoms with Crippen molar-refractivity contribution >= 4 is 5.84 Å². The van der Waals surface area contributed by atoms with Gasteiger partial charge in [-0.15, -0.1) is 0 Å². The highest BCUT2D eigenvalue weighted by Crippen LogP contribution is 2.23. The van der Waals surface area contributed by atoms with E-state index in [2.05, 4.69) is 16.9 Å². The van der Waals surface area contributed by atoms with Crippen LogP contribution in [0.3, 0.4) is 0 Å². The van der Waals surface area contributed by atoms with Crippen molar-refractivity contribution in [2.75, 3.05) is 0 Å². The summed E-state index contributed by atoms with van der Waals surface area (Å²) in [6.45, 7) is 3.87. The zero-order chi connectivity index (χ0) is 13.8. The van der Waals surface area contributed by atoms with E-state index in [4.69, 9.17) is 15.9 Å². The molecule has 0 bridgehead atoms. The molecule has 3 N–H and O–H groups in total. The van der Waals surface area contributed by atoms with Gasteiger partial charge in [0.2, 0.25) is 0 Å². The summed E-state index contributed by atoms with van der Waals surface area (Å²) in [5.74, 6) is 0.629. The molecular formula is C14H16N4O. The van der Waals surface area contributed by atoms with Gasteiger partial charge in [-0.3, -0.25) is 5.41 Å². The van der Waals surface area contributed by atoms with E-state index in [0.29, 0.717) is 11.4 Å². The van der Waals surface area contributed by atoms with Gasteiger partial charge in [-0.25, -0.2) is 4.98 Å². The van der Waals surface area contributed by atoms with Crippen LogP contribution in [0, 0.1) is 12.3 Å². The number of nitrogens with two attached hydrogens (primary N) is 1. The lowest BCUT2D eigenvalue weighted by atomic mass is 10.1. The Morgan fingerprint density at radius 3 is 2.74 bits per heavy atom. The van der Waals surface area contributed by atoms with Crippen LogP contribution in [0.1, 0.15) is 23.9 Å². The predicted octanol–water partition coefficient (Wildman–Crippen LogP) is 2.42. The largest absolute Gasteiger partial charge is 0.424 e. The highest BCUT2D eigenvalue weighted by molar-refractivity contribution is 5.93. The summed E-state index contributed by atoms with van der Waals surface area (Å²) in [6, 6.07) is 9.60. The monoisotopic (exact) mass is 256 g/mol. The topological polar surface area (TPSA) is 84.9 Å². The first-order chi connectivity index (χ1) is 9.10. The molecule has 5 nitrogen and oxygen atoms in total. The molecular weight excluding hydrogens is 240 g/mol. The van der Waals surface area contributed by atoms with Gasteiger partial charge in [-0.05, 0) is 31.0 Å². The van der Waals surface area contributed by atoms with Crippen molar-refractivity contribution in [2.45, 2.75) is 20.3 Å². The Balaban J connectivity index is 2.35. The Kier molecular flexibility index (Phi) is 3.75. The van der Waals surface area contributed by atoms with Crippen LogP contribution in [0.15, 0.2) is 30.3 Å². The maximum Gasteiger partial charge on any atom is 0.322 e. The molecule has 0 saturated carbocycles. The number of benzene rings is 1. The van der Waals surface area contributed by atoms with Crippen molar-refractivity contribution in [3.63, 3.8) is 0 Å². The van der Waals surface area contributed by atoms with Gasteiger partial charge >= 0.3 is 6.01 Å². The van der Waals surface area contributed by atoms with E-state index in [-0.39, 0.29) is 11.8 Å². The molecule has 0 atom stereocenters. The Hall–Kier alpha value is -2.43. The van der Waals surface area contributed by atoms with E-state index in [0.717, 1.165) is 17.7 Å². The molecule has 98 valence electrons. The minimum atomic E-state index is -0.0980. The van der Waals surface area contributed by atoms with Crippen LogP contribution in [-0.4, -0.2) is 15.8 Å². The number of aryl methyl sites for hydroxylation is 2. The minimum Gasteiger partial charge on any atom is -0.424 e. The van der Waals surface area contributed by atoms with Gasteiger partial charge in [0.05, 0.1) is 0 Å². The van der Waals surface area contributed by atoms with E-state index >= 15 is 0 Å². The zero-order valence-electron chi connectivity index (χ0n) is 11.0. The second kappa shape index (κ2) is 5.48. The van der Waals surface area contributed by atoms with Gasteiger partial charge < -0.3 is 10.5 Å². The van der Waals surface area contributed by atoms with Gasteiger partial charge in [-0.1, -0.05) is 25.1 Å². The third-order valence-electron chi connectivity index (χ3n) is 2.66. The van der Waals surface area contributed by atoms with Crippen LogP contribution in [0.5, 0.6) is 11.8 Å². The molecule has 19 heavy (non-hydrogen) atoms. The molecule has 0 aliphatic heterocycles. The lowest BCUT2D eigenvalue weighted by molar-refractivity contribution is 0.435. The fourth-order valence-corrected chi connectivity index (χ4v) is 1.72. The highest BCUT2D eigenvalue weighted by Gasteiger charge is 2.08. The summed E-state index contributed by atoms with van der Waals surface area (Å²) < 4.78 is 5.70. The number of amidine groups is 1. The summed E-state index contributed by atoms with van der Waals surface area (Å²) >= 11 is 0. The van der Waals surface area contributed by atoms with Crippen molar-refractivity contribution in [3.8, 4) is 11.8 Å². The number of aromatic nitrogens is 2. The molecule has 0 radical (unpaired) electrons. The summed E-state index contributed by atoms with van der Waals surface area (Å²) in [4.78, 5) is 8.32. The fourth-order valence-electron chi connectivity index (χ4n) is 1.72. The third-order valence-corrected chi connectivity index (χ3v) is 2.66. The number of nitrogen functional groups attached to an aromatic ring is 1. The molecule has 2 aromatic rings. The molecule has 1 aromatic carbocycles. The van der Waals surface area contributed by atoms with Crippen LogP contribution >= 0.6 is 0 Å². The van der Waals surface area contributed by atoms with Crippen molar-refractivity contribution in [1.29, 1.82) is 5.41 Å². The molecule has 0 aliphatic carbocycles. The van der Waals surface area contributed by atoms with Crippen molar-refractivity contribution in [2.24, 2.45) is 5.73 Å². The van der Waals surface area contributed by atoms with Crippen molar-refractivity contribution in [3.05, 3.63) is 47.3 Å². The second-order valence-electron chi connectivity index (χ2n) is 4.15. The van der Waals surface area contributed by atoms with Gasteiger partial charge in [0.1, 0.15) is 17.3 Å². The van der Waals surface area contributed by atoms with Crippen LogP contribution < -0.4 is 10.5 Å². The summed E-state index contributed by atoms with van der Waals surface area (Å²) in [5, 5.41) is 7.42. The molecule has 0 aliphatic rings. The molecule has 0 fully saturated rings. The summed E-state index contributed by atoms with van der Waals surface area (Å²) in [6.07, 6.45) is 0.863. The summed E-state index contributed by atoms with van der Waals surface area (Å²) in [5.41, 5.74) is 7.60. The number of hydrogen-bond donors (Lipinski definition) is 2. The number of ether oxygens (including phenoxy) is 1. The first-order valence-corrected chi connectivity index (χ1v) is 6.06. The van der Waals surface area contributed by atoms with Gasteiger partial charge in [0, 0.05) is 5.69 Å². The summed E-state index contributed by atoms with van der Waals surface area (Å²) in [7, 11) is 0. The van der Waals surface area contributed by atoms with E-state index < -0.39 is 0 Å². The van der Waals surface area contributed by atoms with E-state index in [1.54, 1.807) is 6.07 Å². The average Bonchev–Trinajstić information content (AvgIpc) is 2.38. The standard InChI is InChI=1S/C14H16N4O/c1-3-10-6-4-5-7-12(10)19-14-17-9(2)8-11(18-14)13(15)16/h4-8H,3H2,1-2H3,(H3,15,16). The number of para-hydroxylation sites is 1. The molecule has 0 amide bonds. The third kappa shape index (κ3) is 3.07. The lowest BCUT2D eigenvalue weighted by Crippen LogP contribution is -2.14. The van der Waals surface area contributed by atoms with E-state index in [1.165, 1.54) is 0 Å². The van der Waals surface area contributed by atoms with Gasteiger partial charge in [-0.2, -0.15) is 4.98 Å². The first-order valence-electron chi connectivity index (χ1n) is 6.06. The van der Waals surface area contributed by atoms with Gasteiger partial charge in [0.15, 0.2) is 0 Å². The fraction of sp³-hybridized carbons (Fsp3) is 0.214. The highest BCUT2D eigenvalue weighted by atomic mass is 16.5. The number of nitrogens with one attached hydrogen (secondary N) is 1. The Morgan fingerprint density at radius 2 is 2.05 bits per heavy atom. The molecule has 1 heterocycles. The van der Waals surface area contributed by atoms with Crippen LogP contribution in [0.4, 0.5) is 0 Å². The Morgan fingerprint density at radius 1 is 1.32 bits per heavy atom. The molecule has 0 unspecified atom stereocenters. The number of hydrogen-bond acceptors (Lipinski definition) is 4. The minimum absolute atomic E-state index is 0.0980. The molecule has 0 spiro atoms. The molecule has 2 rings (SSSR count). The van der Waals surface area contributed by atoms with E-state index in [9.17, 15) is 0 Å². The zero-order valence-corrected chi connectivity index (χ0v) is 11.0. The predicted molar refractivity (Wildman–Crippen MR) is 73.7 cm³/mol. The van der Waals surface area contributed by atoms with Crippen LogP contribution in [0.25, 0.3) is 0 Å². The number of nitrogens with zero attached hydrogens (tertiary/aromatic N) is 2. The second-order valence-corrected chi connectivity index (χ2v) is 4.15. The first kappa shape index (κ1) is 13.0. The normalized spacial score (nSPS) is 10.2. The van der Waals surface area contributed by atoms with Gasteiger partial charge in [0.25, 0.3) is 0 Å². The maximum absolute atomic E-state index is 7.42. The Labute approximate surface area is 112 Å². The lowest BCUT2D eigenvalue weighted by Gasteiger charge is -2.09. The molecule has 5 heteroatoms. The van der Waals surface area contributed by atoms with Crippen LogP contribution in [-0.2, 0) is 6.42 Å². The molecule has 0 saturated heterocycles. The quantitative estimate of drug-likeness (QED) is 0.650. The maximum atomic E-state index is 7.42. The van der Waals surface area contributed by atoms with E-state index in [1.807, 2.05) is 31.2 Å². The van der Waals surface area contributed by atoms with Crippen molar-refractivity contribution in [1.82, 2.24) is 9.97 Å². The average molecular weight is 256 g/mol. The van der Waals surface area contributed by atoms with Crippen LogP contribution in [0.2, 0.25) is 0 Å².